The molecule has 1 aromatic rings. The van der Waals surface area contributed by atoms with Gasteiger partial charge < -0.3 is 10.8 Å². The SMILES string of the molecule is N=C(N)N(SCCCO)c1ccccc1. The topological polar surface area (TPSA) is 73.3 Å². The van der Waals surface area contributed by atoms with Crippen LogP contribution in [-0.2, 0) is 0 Å². The standard InChI is InChI=1S/C10H15N3OS/c11-10(12)13(15-8-4-7-14)9-5-2-1-3-6-9/h1-3,5-6,14H,4,7-8H2,(H3,11,12). The monoisotopic (exact) mass is 225 g/mol. The number of para-hydroxylation sites is 1. The van der Waals surface area contributed by atoms with Crippen LogP contribution >= 0.6 is 11.9 Å². The summed E-state index contributed by atoms with van der Waals surface area (Å²) in [5.41, 5.74) is 6.36. The molecule has 0 saturated carbocycles. The zero-order valence-electron chi connectivity index (χ0n) is 8.39. The van der Waals surface area contributed by atoms with E-state index in [1.807, 2.05) is 30.3 Å². The molecule has 0 bridgehead atoms. The van der Waals surface area contributed by atoms with Gasteiger partial charge in [-0.15, -0.1) is 0 Å². The summed E-state index contributed by atoms with van der Waals surface area (Å²) < 4.78 is 1.65. The van der Waals surface area contributed by atoms with E-state index in [1.165, 1.54) is 11.9 Å². The molecule has 0 heterocycles. The van der Waals surface area contributed by atoms with E-state index in [-0.39, 0.29) is 12.6 Å². The first-order valence-electron chi connectivity index (χ1n) is 4.68. The number of aliphatic hydroxyl groups excluding tert-OH is 1. The second kappa shape index (κ2) is 6.31. The molecular weight excluding hydrogens is 210 g/mol. The summed E-state index contributed by atoms with van der Waals surface area (Å²) in [7, 11) is 0. The summed E-state index contributed by atoms with van der Waals surface area (Å²) in [6.07, 6.45) is 0.696. The van der Waals surface area contributed by atoms with Crippen LogP contribution in [-0.4, -0.2) is 23.4 Å². The molecule has 0 aromatic heterocycles. The molecule has 4 nitrogen and oxygen atoms in total. The normalized spacial score (nSPS) is 9.93. The molecule has 15 heavy (non-hydrogen) atoms. The predicted octanol–water partition coefficient (Wildman–Crippen LogP) is 1.42. The van der Waals surface area contributed by atoms with E-state index in [9.17, 15) is 0 Å². The van der Waals surface area contributed by atoms with Gasteiger partial charge in [0.05, 0.1) is 5.69 Å². The maximum absolute atomic E-state index is 8.67. The van der Waals surface area contributed by atoms with Crippen molar-refractivity contribution in [3.05, 3.63) is 30.3 Å². The molecule has 0 aliphatic heterocycles. The number of benzene rings is 1. The number of aliphatic hydroxyl groups is 1. The maximum Gasteiger partial charge on any atom is 0.203 e. The average Bonchev–Trinajstić information content (AvgIpc) is 2.25. The van der Waals surface area contributed by atoms with Gasteiger partial charge in [-0.25, -0.2) is 0 Å². The number of guanidine groups is 1. The Morgan fingerprint density at radius 2 is 2.07 bits per heavy atom. The smallest absolute Gasteiger partial charge is 0.203 e. The van der Waals surface area contributed by atoms with Crippen LogP contribution in [0.4, 0.5) is 5.69 Å². The number of anilines is 1. The highest BCUT2D eigenvalue weighted by Gasteiger charge is 2.08. The lowest BCUT2D eigenvalue weighted by Crippen LogP contribution is -2.30. The summed E-state index contributed by atoms with van der Waals surface area (Å²) in [4.78, 5) is 0. The van der Waals surface area contributed by atoms with E-state index in [2.05, 4.69) is 0 Å². The zero-order valence-corrected chi connectivity index (χ0v) is 9.20. The molecular formula is C10H15N3OS. The van der Waals surface area contributed by atoms with Crippen molar-refractivity contribution < 1.29 is 5.11 Å². The van der Waals surface area contributed by atoms with Crippen molar-refractivity contribution in [2.24, 2.45) is 5.73 Å². The zero-order chi connectivity index (χ0) is 11.1. The first kappa shape index (κ1) is 11.9. The Morgan fingerprint density at radius 1 is 1.40 bits per heavy atom. The molecule has 0 spiro atoms. The summed E-state index contributed by atoms with van der Waals surface area (Å²) in [6.45, 7) is 0.160. The molecule has 0 radical (unpaired) electrons. The van der Waals surface area contributed by atoms with Gasteiger partial charge >= 0.3 is 0 Å². The molecule has 0 atom stereocenters. The molecule has 0 saturated heterocycles. The van der Waals surface area contributed by atoms with E-state index in [1.54, 1.807) is 4.31 Å². The average molecular weight is 225 g/mol. The van der Waals surface area contributed by atoms with Gasteiger partial charge in [-0.2, -0.15) is 0 Å². The third-order valence-corrected chi connectivity index (χ3v) is 2.87. The van der Waals surface area contributed by atoms with Crippen LogP contribution < -0.4 is 10.0 Å². The van der Waals surface area contributed by atoms with Crippen LogP contribution in [0, 0.1) is 5.41 Å². The summed E-state index contributed by atoms with van der Waals surface area (Å²) >= 11 is 1.43. The lowest BCUT2D eigenvalue weighted by Gasteiger charge is -2.20. The van der Waals surface area contributed by atoms with E-state index in [4.69, 9.17) is 16.2 Å². The first-order valence-corrected chi connectivity index (χ1v) is 5.63. The molecule has 0 fully saturated rings. The molecule has 4 N–H and O–H groups in total. The van der Waals surface area contributed by atoms with Gasteiger partial charge in [0.25, 0.3) is 0 Å². The largest absolute Gasteiger partial charge is 0.396 e. The number of nitrogens with zero attached hydrogens (tertiary/aromatic N) is 1. The van der Waals surface area contributed by atoms with Crippen molar-refractivity contribution in [2.75, 3.05) is 16.7 Å². The minimum Gasteiger partial charge on any atom is -0.396 e. The van der Waals surface area contributed by atoms with E-state index < -0.39 is 0 Å². The quantitative estimate of drug-likeness (QED) is 0.307. The van der Waals surface area contributed by atoms with Crippen molar-refractivity contribution >= 4 is 23.6 Å². The Labute approximate surface area is 93.7 Å². The number of nitrogens with one attached hydrogen (secondary N) is 1. The number of hydrogen-bond acceptors (Lipinski definition) is 3. The fourth-order valence-electron chi connectivity index (χ4n) is 1.07. The van der Waals surface area contributed by atoms with E-state index in [0.29, 0.717) is 6.42 Å². The van der Waals surface area contributed by atoms with Gasteiger partial charge in [-0.3, -0.25) is 9.71 Å². The van der Waals surface area contributed by atoms with E-state index >= 15 is 0 Å². The maximum atomic E-state index is 8.67. The van der Waals surface area contributed by atoms with Crippen molar-refractivity contribution in [1.29, 1.82) is 5.41 Å². The van der Waals surface area contributed by atoms with Crippen LogP contribution in [0.5, 0.6) is 0 Å². The minimum atomic E-state index is 0.00383. The molecule has 1 rings (SSSR count). The van der Waals surface area contributed by atoms with Crippen LogP contribution in [0.3, 0.4) is 0 Å². The molecule has 0 unspecified atom stereocenters. The second-order valence-corrected chi connectivity index (χ2v) is 3.96. The number of nitrogens with two attached hydrogens (primary N) is 1. The van der Waals surface area contributed by atoms with E-state index in [0.717, 1.165) is 11.4 Å². The molecule has 1 aromatic carbocycles. The fraction of sp³-hybridized carbons (Fsp3) is 0.300. The Kier molecular flexibility index (Phi) is 5.00. The van der Waals surface area contributed by atoms with Gasteiger partial charge in [-0.1, -0.05) is 18.2 Å². The minimum absolute atomic E-state index is 0.00383. The highest BCUT2D eigenvalue weighted by molar-refractivity contribution is 8.01. The molecule has 5 heteroatoms. The van der Waals surface area contributed by atoms with Crippen molar-refractivity contribution in [1.82, 2.24) is 0 Å². The van der Waals surface area contributed by atoms with Crippen molar-refractivity contribution in [3.8, 4) is 0 Å². The second-order valence-electron chi connectivity index (χ2n) is 2.93. The predicted molar refractivity (Wildman–Crippen MR) is 65.0 cm³/mol. The Balaban J connectivity index is 2.62. The summed E-state index contributed by atoms with van der Waals surface area (Å²) in [5, 5.41) is 16.1. The van der Waals surface area contributed by atoms with Gasteiger partial charge in [0.2, 0.25) is 5.96 Å². The molecule has 82 valence electrons. The number of hydrogen-bond donors (Lipinski definition) is 3. The third-order valence-electron chi connectivity index (χ3n) is 1.73. The Morgan fingerprint density at radius 3 is 2.60 bits per heavy atom. The van der Waals surface area contributed by atoms with Crippen molar-refractivity contribution in [2.45, 2.75) is 6.42 Å². The van der Waals surface area contributed by atoms with Gasteiger partial charge in [0.15, 0.2) is 0 Å². The summed E-state index contributed by atoms with van der Waals surface area (Å²) in [6, 6.07) is 9.51. The van der Waals surface area contributed by atoms with Gasteiger partial charge in [0.1, 0.15) is 0 Å². The lowest BCUT2D eigenvalue weighted by atomic mass is 10.3. The van der Waals surface area contributed by atoms with Crippen LogP contribution in [0.25, 0.3) is 0 Å². The lowest BCUT2D eigenvalue weighted by molar-refractivity contribution is 0.296. The van der Waals surface area contributed by atoms with Gasteiger partial charge in [0, 0.05) is 12.4 Å². The fourth-order valence-corrected chi connectivity index (χ4v) is 1.92. The Hall–Kier alpha value is -1.20. The highest BCUT2D eigenvalue weighted by atomic mass is 32.2. The number of rotatable bonds is 5. The molecule has 0 aliphatic rings. The van der Waals surface area contributed by atoms with Gasteiger partial charge in [-0.05, 0) is 30.5 Å². The first-order chi connectivity index (χ1) is 7.25. The Bertz CT molecular complexity index is 305. The van der Waals surface area contributed by atoms with Crippen LogP contribution in [0.15, 0.2) is 30.3 Å². The van der Waals surface area contributed by atoms with Crippen LogP contribution in [0.1, 0.15) is 6.42 Å². The van der Waals surface area contributed by atoms with Crippen LogP contribution in [0.2, 0.25) is 0 Å². The van der Waals surface area contributed by atoms with Crippen molar-refractivity contribution in [3.63, 3.8) is 0 Å². The summed E-state index contributed by atoms with van der Waals surface area (Å²) in [5.74, 6) is 0.745. The molecule has 0 amide bonds. The third kappa shape index (κ3) is 3.81. The molecule has 0 aliphatic carbocycles. The highest BCUT2D eigenvalue weighted by Crippen LogP contribution is 2.21.